The van der Waals surface area contributed by atoms with Gasteiger partial charge in [-0.1, -0.05) is 11.6 Å². The number of pyridine rings is 1. The Hall–Kier alpha value is -2.43. The lowest BCUT2D eigenvalue weighted by Gasteiger charge is -2.17. The SMILES string of the molecule is COC(=O)c1cc(C)ccc1NC(C)c1ccc(F)cn1. The molecule has 1 aromatic carbocycles. The minimum atomic E-state index is -0.402. The number of carbonyl (C=O) groups excluding carboxylic acids is 1. The fourth-order valence-corrected chi connectivity index (χ4v) is 2.01. The van der Waals surface area contributed by atoms with E-state index in [1.165, 1.54) is 19.4 Å². The maximum Gasteiger partial charge on any atom is 0.339 e. The van der Waals surface area contributed by atoms with Crippen LogP contribution in [0.25, 0.3) is 0 Å². The van der Waals surface area contributed by atoms with Crippen molar-refractivity contribution in [3.63, 3.8) is 0 Å². The molecule has 0 aliphatic rings. The standard InChI is InChI=1S/C16H17FN2O2/c1-10-4-6-15(13(8-10)16(20)21-3)19-11(2)14-7-5-12(17)9-18-14/h4-9,11,19H,1-3H3. The Morgan fingerprint density at radius 1 is 1.33 bits per heavy atom. The van der Waals surface area contributed by atoms with Crippen LogP contribution in [0.3, 0.4) is 0 Å². The topological polar surface area (TPSA) is 51.2 Å². The van der Waals surface area contributed by atoms with E-state index in [2.05, 4.69) is 10.3 Å². The first-order valence-corrected chi connectivity index (χ1v) is 6.58. The van der Waals surface area contributed by atoms with Crippen molar-refractivity contribution < 1.29 is 13.9 Å². The third kappa shape index (κ3) is 3.56. The largest absolute Gasteiger partial charge is 0.465 e. The second kappa shape index (κ2) is 6.35. The van der Waals surface area contributed by atoms with Crippen molar-refractivity contribution in [1.82, 2.24) is 4.98 Å². The number of aryl methyl sites for hydroxylation is 1. The van der Waals surface area contributed by atoms with Gasteiger partial charge in [-0.15, -0.1) is 0 Å². The van der Waals surface area contributed by atoms with Gasteiger partial charge in [0.25, 0.3) is 0 Å². The van der Waals surface area contributed by atoms with Gasteiger partial charge >= 0.3 is 5.97 Å². The van der Waals surface area contributed by atoms with E-state index >= 15 is 0 Å². The van der Waals surface area contributed by atoms with Crippen molar-refractivity contribution in [3.8, 4) is 0 Å². The minimum absolute atomic E-state index is 0.170. The first-order valence-electron chi connectivity index (χ1n) is 6.58. The number of aromatic nitrogens is 1. The van der Waals surface area contributed by atoms with Crippen molar-refractivity contribution in [2.75, 3.05) is 12.4 Å². The molecule has 0 spiro atoms. The van der Waals surface area contributed by atoms with E-state index < -0.39 is 5.97 Å². The van der Waals surface area contributed by atoms with Gasteiger partial charge in [-0.25, -0.2) is 9.18 Å². The quantitative estimate of drug-likeness (QED) is 0.875. The molecule has 0 fully saturated rings. The second-order valence-electron chi connectivity index (χ2n) is 4.81. The van der Waals surface area contributed by atoms with E-state index in [-0.39, 0.29) is 11.9 Å². The lowest BCUT2D eigenvalue weighted by atomic mass is 10.1. The second-order valence-corrected chi connectivity index (χ2v) is 4.81. The highest BCUT2D eigenvalue weighted by Crippen LogP contribution is 2.23. The van der Waals surface area contributed by atoms with Crippen molar-refractivity contribution in [3.05, 3.63) is 59.2 Å². The molecular weight excluding hydrogens is 271 g/mol. The number of ether oxygens (including phenoxy) is 1. The Labute approximate surface area is 123 Å². The molecule has 2 aromatic rings. The summed E-state index contributed by atoms with van der Waals surface area (Å²) in [6.45, 7) is 3.79. The predicted molar refractivity (Wildman–Crippen MR) is 78.8 cm³/mol. The molecule has 0 radical (unpaired) electrons. The van der Waals surface area contributed by atoms with Gasteiger partial charge in [-0.2, -0.15) is 0 Å². The van der Waals surface area contributed by atoms with Crippen LogP contribution in [0.4, 0.5) is 10.1 Å². The molecule has 1 heterocycles. The summed E-state index contributed by atoms with van der Waals surface area (Å²) in [6, 6.07) is 8.28. The molecule has 21 heavy (non-hydrogen) atoms. The van der Waals surface area contributed by atoms with E-state index in [1.54, 1.807) is 12.1 Å². The molecule has 110 valence electrons. The van der Waals surface area contributed by atoms with Gasteiger partial charge in [0.15, 0.2) is 0 Å². The Kier molecular flexibility index (Phi) is 4.52. The number of anilines is 1. The number of hydrogen-bond donors (Lipinski definition) is 1. The van der Waals surface area contributed by atoms with Crippen LogP contribution in [0.2, 0.25) is 0 Å². The molecule has 1 atom stereocenters. The Morgan fingerprint density at radius 3 is 2.71 bits per heavy atom. The summed E-state index contributed by atoms with van der Waals surface area (Å²) in [6.07, 6.45) is 1.17. The van der Waals surface area contributed by atoms with Gasteiger partial charge in [0.2, 0.25) is 0 Å². The lowest BCUT2D eigenvalue weighted by molar-refractivity contribution is 0.0601. The van der Waals surface area contributed by atoms with E-state index in [4.69, 9.17) is 4.74 Å². The number of hydrogen-bond acceptors (Lipinski definition) is 4. The monoisotopic (exact) mass is 288 g/mol. The average molecular weight is 288 g/mol. The smallest absolute Gasteiger partial charge is 0.339 e. The summed E-state index contributed by atoms with van der Waals surface area (Å²) < 4.78 is 17.7. The molecule has 0 saturated carbocycles. The molecule has 0 aliphatic carbocycles. The average Bonchev–Trinajstić information content (AvgIpc) is 2.48. The predicted octanol–water partition coefficient (Wildman–Crippen LogP) is 3.49. The van der Waals surface area contributed by atoms with Gasteiger partial charge in [0.05, 0.1) is 30.6 Å². The molecule has 5 heteroatoms. The number of halogens is 1. The first kappa shape index (κ1) is 15.0. The maximum atomic E-state index is 12.9. The Morgan fingerprint density at radius 2 is 2.10 bits per heavy atom. The van der Waals surface area contributed by atoms with E-state index in [0.29, 0.717) is 16.9 Å². The third-order valence-corrected chi connectivity index (χ3v) is 3.15. The lowest BCUT2D eigenvalue weighted by Crippen LogP contribution is -2.13. The third-order valence-electron chi connectivity index (χ3n) is 3.15. The number of carbonyl (C=O) groups is 1. The van der Waals surface area contributed by atoms with Gasteiger partial charge in [0.1, 0.15) is 5.82 Å². The van der Waals surface area contributed by atoms with Crippen LogP contribution in [0.15, 0.2) is 36.5 Å². The van der Waals surface area contributed by atoms with Crippen molar-refractivity contribution in [2.45, 2.75) is 19.9 Å². The van der Waals surface area contributed by atoms with Crippen molar-refractivity contribution >= 4 is 11.7 Å². The van der Waals surface area contributed by atoms with Gasteiger partial charge in [0, 0.05) is 5.69 Å². The zero-order valence-electron chi connectivity index (χ0n) is 12.2. The van der Waals surface area contributed by atoms with Gasteiger partial charge in [-0.05, 0) is 38.1 Å². The highest BCUT2D eigenvalue weighted by Gasteiger charge is 2.15. The van der Waals surface area contributed by atoms with Crippen LogP contribution >= 0.6 is 0 Å². The summed E-state index contributed by atoms with van der Waals surface area (Å²) in [7, 11) is 1.35. The highest BCUT2D eigenvalue weighted by atomic mass is 19.1. The van der Waals surface area contributed by atoms with E-state index in [9.17, 15) is 9.18 Å². The van der Waals surface area contributed by atoms with Crippen molar-refractivity contribution in [2.24, 2.45) is 0 Å². The number of nitrogens with zero attached hydrogens (tertiary/aromatic N) is 1. The number of benzene rings is 1. The van der Waals surface area contributed by atoms with Gasteiger partial charge in [-0.3, -0.25) is 4.98 Å². The van der Waals surface area contributed by atoms with Crippen LogP contribution in [0.1, 0.15) is 34.6 Å². The van der Waals surface area contributed by atoms with Crippen LogP contribution in [0, 0.1) is 12.7 Å². The fourth-order valence-electron chi connectivity index (χ4n) is 2.01. The van der Waals surface area contributed by atoms with E-state index in [1.807, 2.05) is 26.0 Å². The van der Waals surface area contributed by atoms with E-state index in [0.717, 1.165) is 5.56 Å². The van der Waals surface area contributed by atoms with Crippen LogP contribution in [-0.4, -0.2) is 18.1 Å². The highest BCUT2D eigenvalue weighted by molar-refractivity contribution is 5.95. The summed E-state index contributed by atoms with van der Waals surface area (Å²) >= 11 is 0. The van der Waals surface area contributed by atoms with Gasteiger partial charge < -0.3 is 10.1 Å². The van der Waals surface area contributed by atoms with Crippen molar-refractivity contribution in [1.29, 1.82) is 0 Å². The molecule has 1 N–H and O–H groups in total. The van der Waals surface area contributed by atoms with Crippen LogP contribution < -0.4 is 5.32 Å². The molecule has 2 rings (SSSR count). The molecule has 0 aliphatic heterocycles. The summed E-state index contributed by atoms with van der Waals surface area (Å²) in [4.78, 5) is 15.9. The summed E-state index contributed by atoms with van der Waals surface area (Å²) in [5.41, 5.74) is 2.78. The molecule has 4 nitrogen and oxygen atoms in total. The van der Waals surface area contributed by atoms with Crippen LogP contribution in [0.5, 0.6) is 0 Å². The molecular formula is C16H17FN2O2. The minimum Gasteiger partial charge on any atom is -0.465 e. The Bertz CT molecular complexity index is 641. The molecule has 0 saturated heterocycles. The zero-order valence-corrected chi connectivity index (χ0v) is 12.2. The van der Waals surface area contributed by atoms with Crippen LogP contribution in [-0.2, 0) is 4.74 Å². The number of nitrogens with one attached hydrogen (secondary N) is 1. The normalized spacial score (nSPS) is 11.8. The number of methoxy groups -OCH3 is 1. The summed E-state index contributed by atoms with van der Waals surface area (Å²) in [5, 5.41) is 3.20. The zero-order chi connectivity index (χ0) is 15.4. The Balaban J connectivity index is 2.26. The molecule has 1 unspecified atom stereocenters. The number of rotatable bonds is 4. The first-order chi connectivity index (χ1) is 10.0. The molecule has 0 amide bonds. The fraction of sp³-hybridized carbons (Fsp3) is 0.250. The molecule has 1 aromatic heterocycles. The number of esters is 1. The summed E-state index contributed by atoms with van der Waals surface area (Å²) in [5.74, 6) is -0.781. The maximum absolute atomic E-state index is 12.9. The molecule has 0 bridgehead atoms.